The highest BCUT2D eigenvalue weighted by Crippen LogP contribution is 2.44. The van der Waals surface area contributed by atoms with Crippen LogP contribution in [0.25, 0.3) is 111 Å². The van der Waals surface area contributed by atoms with E-state index in [4.69, 9.17) is 19.4 Å². The summed E-state index contributed by atoms with van der Waals surface area (Å²) in [6.45, 7) is 0. The lowest BCUT2D eigenvalue weighted by atomic mass is 9.93. The molecule has 11 aromatic rings. The van der Waals surface area contributed by atoms with Crippen LogP contribution >= 0.6 is 0 Å². The predicted molar refractivity (Wildman–Crippen MR) is 227 cm³/mol. The number of furan rings is 1. The molecule has 2 heterocycles. The molecule has 0 atom stereocenters. The average Bonchev–Trinajstić information content (AvgIpc) is 3.65. The summed E-state index contributed by atoms with van der Waals surface area (Å²) in [6.07, 6.45) is 0. The normalized spacial score (nSPS) is 11.6. The summed E-state index contributed by atoms with van der Waals surface area (Å²) < 4.78 is 6.73. The van der Waals surface area contributed by atoms with Crippen molar-refractivity contribution in [3.63, 3.8) is 0 Å². The fourth-order valence-corrected chi connectivity index (χ4v) is 8.08. The van der Waals surface area contributed by atoms with E-state index in [9.17, 15) is 0 Å². The Morgan fingerprint density at radius 3 is 1.69 bits per heavy atom. The van der Waals surface area contributed by atoms with Crippen LogP contribution in [-0.4, -0.2) is 15.0 Å². The monoisotopic (exact) mass is 701 g/mol. The summed E-state index contributed by atoms with van der Waals surface area (Å²) in [6, 6.07) is 65.8. The fourth-order valence-electron chi connectivity index (χ4n) is 8.08. The van der Waals surface area contributed by atoms with Gasteiger partial charge in [-0.2, -0.15) is 0 Å². The Balaban J connectivity index is 1.10. The van der Waals surface area contributed by atoms with Gasteiger partial charge in [0, 0.05) is 27.5 Å². The van der Waals surface area contributed by atoms with E-state index in [0.717, 1.165) is 65.9 Å². The first-order valence-corrected chi connectivity index (χ1v) is 18.5. The zero-order valence-electron chi connectivity index (χ0n) is 29.6. The van der Waals surface area contributed by atoms with E-state index in [-0.39, 0.29) is 0 Å². The van der Waals surface area contributed by atoms with Gasteiger partial charge in [0.1, 0.15) is 11.2 Å². The van der Waals surface area contributed by atoms with Crippen molar-refractivity contribution < 1.29 is 4.42 Å². The van der Waals surface area contributed by atoms with Gasteiger partial charge in [-0.25, -0.2) is 15.0 Å². The van der Waals surface area contributed by atoms with Crippen molar-refractivity contribution in [2.45, 2.75) is 0 Å². The summed E-state index contributed by atoms with van der Waals surface area (Å²) in [4.78, 5) is 15.3. The van der Waals surface area contributed by atoms with E-state index < -0.39 is 0 Å². The van der Waals surface area contributed by atoms with E-state index >= 15 is 0 Å². The highest BCUT2D eigenvalue weighted by atomic mass is 16.3. The number of aromatic nitrogens is 3. The minimum Gasteiger partial charge on any atom is -0.456 e. The first-order chi connectivity index (χ1) is 27.2. The molecule has 0 saturated heterocycles. The molecule has 0 amide bonds. The molecule has 256 valence electrons. The van der Waals surface area contributed by atoms with Crippen molar-refractivity contribution in [2.75, 3.05) is 0 Å². The van der Waals surface area contributed by atoms with Crippen molar-refractivity contribution in [1.82, 2.24) is 15.0 Å². The van der Waals surface area contributed by atoms with Crippen LogP contribution in [0.15, 0.2) is 192 Å². The number of hydrogen-bond acceptors (Lipinski definition) is 4. The molecule has 0 N–H and O–H groups in total. The van der Waals surface area contributed by atoms with Crippen LogP contribution in [0, 0.1) is 0 Å². The molecule has 0 aliphatic rings. The van der Waals surface area contributed by atoms with E-state index in [1.807, 2.05) is 30.3 Å². The zero-order valence-corrected chi connectivity index (χ0v) is 29.6. The Kier molecular flexibility index (Phi) is 7.14. The molecule has 0 radical (unpaired) electrons. The number of hydrogen-bond donors (Lipinski definition) is 0. The van der Waals surface area contributed by atoms with Crippen molar-refractivity contribution in [2.24, 2.45) is 0 Å². The summed E-state index contributed by atoms with van der Waals surface area (Å²) in [7, 11) is 0. The maximum Gasteiger partial charge on any atom is 0.164 e. The lowest BCUT2D eigenvalue weighted by Gasteiger charge is -2.12. The third-order valence-corrected chi connectivity index (χ3v) is 10.7. The molecule has 4 nitrogen and oxygen atoms in total. The molecule has 0 fully saturated rings. The minimum absolute atomic E-state index is 0.597. The van der Waals surface area contributed by atoms with Gasteiger partial charge in [-0.15, -0.1) is 0 Å². The van der Waals surface area contributed by atoms with Gasteiger partial charge >= 0.3 is 0 Å². The van der Waals surface area contributed by atoms with Gasteiger partial charge in [-0.05, 0) is 72.8 Å². The zero-order chi connectivity index (χ0) is 36.3. The second kappa shape index (κ2) is 12.6. The Morgan fingerprint density at radius 1 is 0.291 bits per heavy atom. The van der Waals surface area contributed by atoms with Crippen LogP contribution in [0.5, 0.6) is 0 Å². The van der Waals surface area contributed by atoms with E-state index in [0.29, 0.717) is 17.5 Å². The topological polar surface area (TPSA) is 51.8 Å². The molecule has 0 unspecified atom stereocenters. The van der Waals surface area contributed by atoms with Crippen LogP contribution in [0.3, 0.4) is 0 Å². The molecule has 0 spiro atoms. The van der Waals surface area contributed by atoms with Crippen LogP contribution < -0.4 is 0 Å². The van der Waals surface area contributed by atoms with E-state index in [1.54, 1.807) is 0 Å². The van der Waals surface area contributed by atoms with Gasteiger partial charge < -0.3 is 4.42 Å². The smallest absolute Gasteiger partial charge is 0.164 e. The standard InChI is InChI=1S/C51H31N3O/c1-2-14-36(15-3-1)49-52-50(38-29-24-32-12-4-5-16-37(32)30-38)54-51(53-49)44-31-46-48(43-20-9-8-19-42(43)44)47-41(22-11-23-45(47)55-46)35-27-25-34(26-28-35)40-21-10-17-33-13-6-7-18-39(33)40/h1-31H. The maximum absolute atomic E-state index is 6.73. The van der Waals surface area contributed by atoms with Crippen molar-refractivity contribution in [1.29, 1.82) is 0 Å². The van der Waals surface area contributed by atoms with Crippen molar-refractivity contribution in [3.05, 3.63) is 188 Å². The molecular weight excluding hydrogens is 671 g/mol. The first kappa shape index (κ1) is 31.1. The van der Waals surface area contributed by atoms with Gasteiger partial charge in [0.25, 0.3) is 0 Å². The molecule has 0 aliphatic carbocycles. The average molecular weight is 702 g/mol. The van der Waals surface area contributed by atoms with Crippen LogP contribution in [0.4, 0.5) is 0 Å². The third-order valence-electron chi connectivity index (χ3n) is 10.7. The molecule has 9 aromatic carbocycles. The van der Waals surface area contributed by atoms with Gasteiger partial charge in [0.15, 0.2) is 17.5 Å². The Morgan fingerprint density at radius 2 is 0.873 bits per heavy atom. The SMILES string of the molecule is c1ccc(-c2nc(-c3ccc4ccccc4c3)nc(-c3cc4oc5cccc(-c6ccc(-c7cccc8ccccc78)cc6)c5c4c4ccccc34)n2)cc1. The highest BCUT2D eigenvalue weighted by Gasteiger charge is 2.21. The van der Waals surface area contributed by atoms with Gasteiger partial charge in [-0.1, -0.05) is 170 Å². The van der Waals surface area contributed by atoms with Crippen molar-refractivity contribution >= 4 is 54.3 Å². The lowest BCUT2D eigenvalue weighted by molar-refractivity contribution is 0.669. The van der Waals surface area contributed by atoms with Gasteiger partial charge in [-0.3, -0.25) is 0 Å². The third kappa shape index (κ3) is 5.26. The molecule has 11 rings (SSSR count). The van der Waals surface area contributed by atoms with Crippen molar-refractivity contribution in [3.8, 4) is 56.4 Å². The quantitative estimate of drug-likeness (QED) is 0.179. The Labute approximate surface area is 317 Å². The molecule has 55 heavy (non-hydrogen) atoms. The summed E-state index contributed by atoms with van der Waals surface area (Å²) in [5, 5.41) is 9.10. The molecule has 2 aromatic heterocycles. The molecule has 0 saturated carbocycles. The number of fused-ring (bicyclic) bond motifs is 7. The minimum atomic E-state index is 0.597. The largest absolute Gasteiger partial charge is 0.456 e. The molecule has 0 bridgehead atoms. The number of nitrogens with zero attached hydrogens (tertiary/aromatic N) is 3. The summed E-state index contributed by atoms with van der Waals surface area (Å²) in [5.41, 5.74) is 9.07. The Bertz CT molecular complexity index is 3250. The molecule has 0 aliphatic heterocycles. The van der Waals surface area contributed by atoms with Gasteiger partial charge in [0.05, 0.1) is 0 Å². The predicted octanol–water partition coefficient (Wildman–Crippen LogP) is 13.6. The highest BCUT2D eigenvalue weighted by molar-refractivity contribution is 6.25. The van der Waals surface area contributed by atoms with Crippen LogP contribution in [-0.2, 0) is 0 Å². The summed E-state index contributed by atoms with van der Waals surface area (Å²) >= 11 is 0. The maximum atomic E-state index is 6.73. The molecular formula is C51H31N3O. The lowest BCUT2D eigenvalue weighted by Crippen LogP contribution is -2.00. The second-order valence-electron chi connectivity index (χ2n) is 14.0. The molecule has 4 heteroatoms. The van der Waals surface area contributed by atoms with E-state index in [1.165, 1.54) is 27.3 Å². The van der Waals surface area contributed by atoms with Crippen LogP contribution in [0.1, 0.15) is 0 Å². The van der Waals surface area contributed by atoms with Gasteiger partial charge in [0.2, 0.25) is 0 Å². The first-order valence-electron chi connectivity index (χ1n) is 18.5. The number of benzene rings is 9. The second-order valence-corrected chi connectivity index (χ2v) is 14.0. The van der Waals surface area contributed by atoms with E-state index in [2.05, 4.69) is 158 Å². The number of rotatable bonds is 5. The summed E-state index contributed by atoms with van der Waals surface area (Å²) in [5.74, 6) is 1.84. The Hall–Kier alpha value is -7.43. The van der Waals surface area contributed by atoms with Crippen LogP contribution in [0.2, 0.25) is 0 Å². The fraction of sp³-hybridized carbons (Fsp3) is 0.